The molecule has 7 nitrogen and oxygen atoms in total. The number of carbonyl (C=O) groups excluding carboxylic acids is 1. The zero-order valence-corrected chi connectivity index (χ0v) is 18.0. The third-order valence-corrected chi connectivity index (χ3v) is 5.10. The average molecular weight is 467 g/mol. The highest BCUT2D eigenvalue weighted by atomic mass is 79.9. The first-order valence-electron chi connectivity index (χ1n) is 9.22. The molecule has 0 radical (unpaired) electrons. The molecule has 2 heterocycles. The van der Waals surface area contributed by atoms with Crippen LogP contribution in [0.15, 0.2) is 70.2 Å². The molecule has 1 unspecified atom stereocenters. The molecule has 0 saturated carbocycles. The van der Waals surface area contributed by atoms with Gasteiger partial charge in [0.15, 0.2) is 0 Å². The van der Waals surface area contributed by atoms with Crippen molar-refractivity contribution in [3.63, 3.8) is 0 Å². The van der Waals surface area contributed by atoms with E-state index in [1.54, 1.807) is 7.11 Å². The van der Waals surface area contributed by atoms with Gasteiger partial charge in [0.25, 0.3) is 5.90 Å². The lowest BCUT2D eigenvalue weighted by Crippen LogP contribution is -2.32. The van der Waals surface area contributed by atoms with Crippen molar-refractivity contribution in [2.45, 2.75) is 13.2 Å². The number of nitrogens with one attached hydrogen (secondary N) is 1. The number of aromatic nitrogens is 2. The molecule has 1 aliphatic rings. The Morgan fingerprint density at radius 1 is 1.20 bits per heavy atom. The van der Waals surface area contributed by atoms with Crippen LogP contribution in [0.25, 0.3) is 17.3 Å². The lowest BCUT2D eigenvalue weighted by atomic mass is 10.1. The topological polar surface area (TPSA) is 79.8 Å². The number of hydrogen-bond donors (Lipinski definition) is 1. The fourth-order valence-corrected chi connectivity index (χ4v) is 3.55. The number of carbonyl (C=O) groups is 1. The summed E-state index contributed by atoms with van der Waals surface area (Å²) in [7, 11) is 1.62. The summed E-state index contributed by atoms with van der Waals surface area (Å²) >= 11 is 3.54. The molecule has 1 atom stereocenters. The van der Waals surface area contributed by atoms with Crippen LogP contribution in [-0.2, 0) is 9.53 Å². The first-order chi connectivity index (χ1) is 14.5. The molecule has 0 spiro atoms. The lowest BCUT2D eigenvalue weighted by Gasteiger charge is -2.18. The smallest absolute Gasteiger partial charge is 0.259 e. The van der Waals surface area contributed by atoms with Crippen LogP contribution in [0.1, 0.15) is 18.2 Å². The highest BCUT2D eigenvalue weighted by Crippen LogP contribution is 2.29. The van der Waals surface area contributed by atoms with E-state index in [2.05, 4.69) is 31.2 Å². The first kappa shape index (κ1) is 19.9. The Kier molecular flexibility index (Phi) is 5.67. The molecular formula is C22H19BrN4O3. The van der Waals surface area contributed by atoms with Gasteiger partial charge in [-0.3, -0.25) is 9.89 Å². The van der Waals surface area contributed by atoms with E-state index in [0.29, 0.717) is 15.9 Å². The van der Waals surface area contributed by atoms with Crippen LogP contribution in [0.4, 0.5) is 0 Å². The van der Waals surface area contributed by atoms with Crippen molar-refractivity contribution in [1.82, 2.24) is 15.2 Å². The van der Waals surface area contributed by atoms with E-state index < -0.39 is 6.23 Å². The second-order valence-corrected chi connectivity index (χ2v) is 7.49. The Hall–Kier alpha value is -3.39. The number of methoxy groups -OCH3 is 1. The molecule has 0 aliphatic carbocycles. The summed E-state index contributed by atoms with van der Waals surface area (Å²) < 4.78 is 11.9. The Labute approximate surface area is 182 Å². The molecule has 2 aromatic carbocycles. The van der Waals surface area contributed by atoms with Crippen LogP contribution in [-0.4, -0.2) is 40.3 Å². The number of aromatic amines is 1. The molecule has 1 N–H and O–H groups in total. The largest absolute Gasteiger partial charge is 0.497 e. The second kappa shape index (κ2) is 8.54. The van der Waals surface area contributed by atoms with Gasteiger partial charge < -0.3 is 9.47 Å². The maximum absolute atomic E-state index is 12.1. The van der Waals surface area contributed by atoms with Crippen molar-refractivity contribution in [3.8, 4) is 17.0 Å². The van der Waals surface area contributed by atoms with Crippen LogP contribution >= 0.6 is 15.9 Å². The molecule has 1 aliphatic heterocycles. The van der Waals surface area contributed by atoms with Gasteiger partial charge in [0.2, 0.25) is 12.1 Å². The number of H-pyrrole nitrogens is 1. The van der Waals surface area contributed by atoms with Crippen molar-refractivity contribution < 1.29 is 14.3 Å². The Balaban J connectivity index is 1.60. The highest BCUT2D eigenvalue weighted by molar-refractivity contribution is 9.11. The van der Waals surface area contributed by atoms with E-state index in [0.717, 1.165) is 16.9 Å². The van der Waals surface area contributed by atoms with E-state index in [1.165, 1.54) is 11.9 Å². The summed E-state index contributed by atoms with van der Waals surface area (Å²) in [6.45, 7) is 1.44. The normalized spacial score (nSPS) is 16.2. The monoisotopic (exact) mass is 466 g/mol. The minimum Gasteiger partial charge on any atom is -0.497 e. The first-order valence-corrected chi connectivity index (χ1v) is 10.0. The molecule has 152 valence electrons. The molecule has 1 aromatic heterocycles. The highest BCUT2D eigenvalue weighted by Gasteiger charge is 2.34. The number of ether oxygens (including phenoxy) is 2. The summed E-state index contributed by atoms with van der Waals surface area (Å²) in [5.41, 5.74) is 3.15. The van der Waals surface area contributed by atoms with Crippen LogP contribution in [0, 0.1) is 0 Å². The van der Waals surface area contributed by atoms with Gasteiger partial charge in [-0.15, -0.1) is 5.10 Å². The summed E-state index contributed by atoms with van der Waals surface area (Å²) in [5, 5.41) is 12.9. The molecular weight excluding hydrogens is 448 g/mol. The Bertz CT molecular complexity index is 1120. The summed E-state index contributed by atoms with van der Waals surface area (Å²) in [5.74, 6) is 0.792. The maximum atomic E-state index is 12.1. The van der Waals surface area contributed by atoms with Gasteiger partial charge in [-0.25, -0.2) is 0 Å². The van der Waals surface area contributed by atoms with Crippen molar-refractivity contribution in [2.75, 3.05) is 7.11 Å². The molecule has 0 fully saturated rings. The standard InChI is InChI=1S/C22H19BrN4O3/c1-14(28)27-22(18(23)11-15-7-4-3-5-8-15)30-21(26-27)20-13-19(24-25-20)16-9-6-10-17(12-16)29-2/h3-13,22H,1-2H3,(H,24,25). The van der Waals surface area contributed by atoms with Crippen LogP contribution in [0.2, 0.25) is 0 Å². The predicted molar refractivity (Wildman–Crippen MR) is 118 cm³/mol. The SMILES string of the molecule is COc1cccc(-c2cc(C3=NN(C(C)=O)C(C(Br)=Cc4ccccc4)O3)[nH]n2)c1. The van der Waals surface area contributed by atoms with Gasteiger partial charge in [0, 0.05) is 12.5 Å². The van der Waals surface area contributed by atoms with Crippen molar-refractivity contribution in [3.05, 3.63) is 76.4 Å². The number of hydrazone groups is 1. The minimum atomic E-state index is -0.693. The predicted octanol–water partition coefficient (Wildman–Crippen LogP) is 4.39. The third-order valence-electron chi connectivity index (χ3n) is 4.48. The van der Waals surface area contributed by atoms with Gasteiger partial charge >= 0.3 is 0 Å². The zero-order chi connectivity index (χ0) is 21.1. The lowest BCUT2D eigenvalue weighted by molar-refractivity contribution is -0.133. The van der Waals surface area contributed by atoms with Gasteiger partial charge in [0.1, 0.15) is 11.4 Å². The van der Waals surface area contributed by atoms with E-state index in [1.807, 2.05) is 66.7 Å². The number of benzene rings is 2. The number of hydrogen-bond acceptors (Lipinski definition) is 5. The Morgan fingerprint density at radius 2 is 2.00 bits per heavy atom. The average Bonchev–Trinajstić information content (AvgIpc) is 3.42. The summed E-state index contributed by atoms with van der Waals surface area (Å²) in [4.78, 5) is 12.1. The van der Waals surface area contributed by atoms with E-state index >= 15 is 0 Å². The van der Waals surface area contributed by atoms with Gasteiger partial charge in [-0.2, -0.15) is 10.1 Å². The molecule has 1 amide bonds. The fourth-order valence-electron chi connectivity index (χ4n) is 3.00. The van der Waals surface area contributed by atoms with Gasteiger partial charge in [0.05, 0.1) is 17.3 Å². The van der Waals surface area contributed by atoms with Gasteiger partial charge in [-0.1, -0.05) is 42.5 Å². The molecule has 0 bridgehead atoms. The van der Waals surface area contributed by atoms with Gasteiger partial charge in [-0.05, 0) is 45.8 Å². The molecule has 4 rings (SSSR count). The quantitative estimate of drug-likeness (QED) is 0.604. The number of nitrogens with zero attached hydrogens (tertiary/aromatic N) is 3. The van der Waals surface area contributed by atoms with E-state index in [9.17, 15) is 4.79 Å². The van der Waals surface area contributed by atoms with E-state index in [-0.39, 0.29) is 11.8 Å². The van der Waals surface area contributed by atoms with E-state index in [4.69, 9.17) is 9.47 Å². The number of rotatable bonds is 5. The number of amides is 1. The Morgan fingerprint density at radius 3 is 2.73 bits per heavy atom. The van der Waals surface area contributed by atoms with Crippen LogP contribution in [0.5, 0.6) is 5.75 Å². The molecule has 8 heteroatoms. The van der Waals surface area contributed by atoms with Crippen molar-refractivity contribution in [1.29, 1.82) is 0 Å². The zero-order valence-electron chi connectivity index (χ0n) is 16.4. The van der Waals surface area contributed by atoms with Crippen LogP contribution in [0.3, 0.4) is 0 Å². The van der Waals surface area contributed by atoms with Crippen molar-refractivity contribution in [2.24, 2.45) is 5.10 Å². The van der Waals surface area contributed by atoms with Crippen LogP contribution < -0.4 is 4.74 Å². The second-order valence-electron chi connectivity index (χ2n) is 6.58. The number of halogens is 1. The molecule has 0 saturated heterocycles. The summed E-state index contributed by atoms with van der Waals surface area (Å²) in [6, 6.07) is 19.2. The summed E-state index contributed by atoms with van der Waals surface area (Å²) in [6.07, 6.45) is 1.20. The van der Waals surface area contributed by atoms with Crippen molar-refractivity contribution >= 4 is 33.8 Å². The molecule has 3 aromatic rings. The fraction of sp³-hybridized carbons (Fsp3) is 0.136. The molecule has 30 heavy (non-hydrogen) atoms. The third kappa shape index (κ3) is 4.13. The minimum absolute atomic E-state index is 0.235. The maximum Gasteiger partial charge on any atom is 0.259 e.